The van der Waals surface area contributed by atoms with Crippen LogP contribution in [-0.4, -0.2) is 25.8 Å². The summed E-state index contributed by atoms with van der Waals surface area (Å²) >= 11 is 0. The van der Waals surface area contributed by atoms with Gasteiger partial charge in [-0.05, 0) is 44.9 Å². The first-order chi connectivity index (χ1) is 8.63. The summed E-state index contributed by atoms with van der Waals surface area (Å²) in [4.78, 5) is 6.98. The summed E-state index contributed by atoms with van der Waals surface area (Å²) in [6.45, 7) is 8.29. The van der Waals surface area contributed by atoms with E-state index >= 15 is 0 Å². The number of benzene rings is 1. The van der Waals surface area contributed by atoms with Crippen molar-refractivity contribution in [2.24, 2.45) is 4.99 Å². The van der Waals surface area contributed by atoms with Crippen LogP contribution < -0.4 is 4.90 Å². The summed E-state index contributed by atoms with van der Waals surface area (Å²) in [7, 11) is 2.16. The van der Waals surface area contributed by atoms with E-state index in [9.17, 15) is 0 Å². The predicted octanol–water partition coefficient (Wildman–Crippen LogP) is 3.45. The van der Waals surface area contributed by atoms with Crippen LogP contribution in [0.15, 0.2) is 34.8 Å². The molecule has 1 aromatic carbocycles. The van der Waals surface area contributed by atoms with Crippen LogP contribution in [0.5, 0.6) is 0 Å². The van der Waals surface area contributed by atoms with Crippen LogP contribution >= 0.6 is 0 Å². The minimum atomic E-state index is 0.832. The maximum atomic E-state index is 4.66. The van der Waals surface area contributed by atoms with E-state index < -0.39 is 0 Å². The zero-order valence-corrected chi connectivity index (χ0v) is 11.8. The van der Waals surface area contributed by atoms with E-state index in [4.69, 9.17) is 0 Å². The van der Waals surface area contributed by atoms with Gasteiger partial charge in [0.15, 0.2) is 0 Å². The Morgan fingerprint density at radius 2 is 2.17 bits per heavy atom. The van der Waals surface area contributed by atoms with Gasteiger partial charge in [-0.15, -0.1) is 0 Å². The quantitative estimate of drug-likeness (QED) is 0.741. The van der Waals surface area contributed by atoms with Crippen molar-refractivity contribution in [1.29, 1.82) is 0 Å². The number of nitrogens with zero attached hydrogens (tertiary/aromatic N) is 2. The number of rotatable bonds is 3. The Morgan fingerprint density at radius 3 is 2.83 bits per heavy atom. The van der Waals surface area contributed by atoms with E-state index in [1.807, 2.05) is 0 Å². The van der Waals surface area contributed by atoms with Gasteiger partial charge in [-0.1, -0.05) is 17.7 Å². The van der Waals surface area contributed by atoms with Crippen LogP contribution in [0.3, 0.4) is 0 Å². The zero-order chi connectivity index (χ0) is 13.1. The molecule has 2 heteroatoms. The van der Waals surface area contributed by atoms with Crippen LogP contribution in [0.4, 0.5) is 5.69 Å². The van der Waals surface area contributed by atoms with Crippen LogP contribution in [0.2, 0.25) is 0 Å². The van der Waals surface area contributed by atoms with E-state index in [0.717, 1.165) is 25.2 Å². The van der Waals surface area contributed by atoms with Gasteiger partial charge in [0.05, 0.1) is 5.71 Å². The molecule has 2 rings (SSSR count). The molecule has 0 atom stereocenters. The monoisotopic (exact) mass is 242 g/mol. The number of anilines is 1. The summed E-state index contributed by atoms with van der Waals surface area (Å²) in [6.07, 6.45) is 3.32. The zero-order valence-electron chi connectivity index (χ0n) is 11.8. The van der Waals surface area contributed by atoms with Crippen molar-refractivity contribution in [3.8, 4) is 0 Å². The lowest BCUT2D eigenvalue weighted by Gasteiger charge is -2.13. The molecule has 0 radical (unpaired) electrons. The van der Waals surface area contributed by atoms with Crippen molar-refractivity contribution in [2.75, 3.05) is 25.0 Å². The molecule has 18 heavy (non-hydrogen) atoms. The van der Waals surface area contributed by atoms with E-state index in [-0.39, 0.29) is 0 Å². The average molecular weight is 242 g/mol. The SMILES string of the molecule is CCN=C(C=C(C)C)c1cccc2c1CCN2C. The fraction of sp³-hybridized carbons (Fsp3) is 0.438. The second kappa shape index (κ2) is 5.38. The van der Waals surface area contributed by atoms with Crippen molar-refractivity contribution < 1.29 is 0 Å². The maximum Gasteiger partial charge on any atom is 0.0649 e. The molecular weight excluding hydrogens is 220 g/mol. The predicted molar refractivity (Wildman–Crippen MR) is 79.9 cm³/mol. The maximum absolute atomic E-state index is 4.66. The Hall–Kier alpha value is -1.57. The molecule has 0 saturated heterocycles. The molecule has 0 fully saturated rings. The van der Waals surface area contributed by atoms with Gasteiger partial charge in [-0.25, -0.2) is 0 Å². The summed E-state index contributed by atoms with van der Waals surface area (Å²) in [5.74, 6) is 0. The van der Waals surface area contributed by atoms with Crippen molar-refractivity contribution in [1.82, 2.24) is 0 Å². The summed E-state index contributed by atoms with van der Waals surface area (Å²) in [5, 5.41) is 0. The molecule has 0 spiro atoms. The second-order valence-electron chi connectivity index (χ2n) is 5.06. The smallest absolute Gasteiger partial charge is 0.0649 e. The number of allylic oxidation sites excluding steroid dienone is 2. The molecule has 1 aromatic rings. The summed E-state index contributed by atoms with van der Waals surface area (Å²) in [5.41, 5.74) is 6.54. The second-order valence-corrected chi connectivity index (χ2v) is 5.06. The highest BCUT2D eigenvalue weighted by Gasteiger charge is 2.19. The summed E-state index contributed by atoms with van der Waals surface area (Å²) < 4.78 is 0. The number of hydrogen-bond donors (Lipinski definition) is 0. The van der Waals surface area contributed by atoms with Gasteiger partial charge >= 0.3 is 0 Å². The Labute approximate surface area is 110 Å². The highest BCUT2D eigenvalue weighted by molar-refractivity contribution is 6.11. The molecule has 0 aromatic heterocycles. The minimum Gasteiger partial charge on any atom is -0.374 e. The molecule has 1 heterocycles. The van der Waals surface area contributed by atoms with Crippen LogP contribution in [0.25, 0.3) is 0 Å². The molecule has 0 saturated carbocycles. The van der Waals surface area contributed by atoms with Gasteiger partial charge in [-0.2, -0.15) is 0 Å². The highest BCUT2D eigenvalue weighted by Crippen LogP contribution is 2.30. The number of hydrogen-bond acceptors (Lipinski definition) is 2. The Morgan fingerprint density at radius 1 is 1.39 bits per heavy atom. The van der Waals surface area contributed by atoms with E-state index in [1.54, 1.807) is 0 Å². The van der Waals surface area contributed by atoms with E-state index in [2.05, 4.69) is 62.0 Å². The van der Waals surface area contributed by atoms with Gasteiger partial charge in [0, 0.05) is 31.4 Å². The first kappa shape index (κ1) is 12.9. The van der Waals surface area contributed by atoms with Crippen molar-refractivity contribution in [3.05, 3.63) is 41.0 Å². The molecule has 1 aliphatic heterocycles. The first-order valence-electron chi connectivity index (χ1n) is 6.66. The lowest BCUT2D eigenvalue weighted by Crippen LogP contribution is -2.12. The van der Waals surface area contributed by atoms with E-state index in [1.165, 1.54) is 22.4 Å². The third-order valence-electron chi connectivity index (χ3n) is 3.29. The Bertz CT molecular complexity index is 494. The average Bonchev–Trinajstić information content (AvgIpc) is 2.70. The molecule has 96 valence electrons. The highest BCUT2D eigenvalue weighted by atomic mass is 15.1. The Kier molecular flexibility index (Phi) is 3.85. The van der Waals surface area contributed by atoms with Crippen molar-refractivity contribution in [2.45, 2.75) is 27.2 Å². The lowest BCUT2D eigenvalue weighted by molar-refractivity contribution is 0.955. The summed E-state index contributed by atoms with van der Waals surface area (Å²) in [6, 6.07) is 6.55. The normalized spacial score (nSPS) is 14.7. The third-order valence-corrected chi connectivity index (χ3v) is 3.29. The molecular formula is C16H22N2. The van der Waals surface area contributed by atoms with Gasteiger partial charge in [0.1, 0.15) is 0 Å². The van der Waals surface area contributed by atoms with E-state index in [0.29, 0.717) is 0 Å². The minimum absolute atomic E-state index is 0.832. The molecule has 0 aliphatic carbocycles. The van der Waals surface area contributed by atoms with Gasteiger partial charge < -0.3 is 4.90 Å². The van der Waals surface area contributed by atoms with Gasteiger partial charge in [0.2, 0.25) is 0 Å². The Balaban J connectivity index is 2.50. The first-order valence-corrected chi connectivity index (χ1v) is 6.66. The van der Waals surface area contributed by atoms with Crippen molar-refractivity contribution >= 4 is 11.4 Å². The topological polar surface area (TPSA) is 15.6 Å². The number of aliphatic imine (C=N–C) groups is 1. The molecule has 1 aliphatic rings. The molecule has 0 unspecified atom stereocenters. The molecule has 0 amide bonds. The van der Waals surface area contributed by atoms with Crippen LogP contribution in [0.1, 0.15) is 31.9 Å². The largest absolute Gasteiger partial charge is 0.374 e. The molecule has 0 N–H and O–H groups in total. The molecule has 2 nitrogen and oxygen atoms in total. The fourth-order valence-electron chi connectivity index (χ4n) is 2.49. The molecule has 0 bridgehead atoms. The van der Waals surface area contributed by atoms with Crippen LogP contribution in [0, 0.1) is 0 Å². The van der Waals surface area contributed by atoms with Crippen molar-refractivity contribution in [3.63, 3.8) is 0 Å². The lowest BCUT2D eigenvalue weighted by atomic mass is 9.99. The van der Waals surface area contributed by atoms with Gasteiger partial charge in [0.25, 0.3) is 0 Å². The third kappa shape index (κ3) is 2.47. The fourth-order valence-corrected chi connectivity index (χ4v) is 2.49. The van der Waals surface area contributed by atoms with Crippen LogP contribution in [-0.2, 0) is 6.42 Å². The number of likely N-dealkylation sites (N-methyl/N-ethyl adjacent to an activating group) is 1. The standard InChI is InChI=1S/C16H22N2/c1-5-17-15(11-12(2)3)13-7-6-8-16-14(13)9-10-18(16)4/h6-8,11H,5,9-10H2,1-4H3. The van der Waals surface area contributed by atoms with Gasteiger partial charge in [-0.3, -0.25) is 4.99 Å². The number of fused-ring (bicyclic) bond motifs is 1.